The van der Waals surface area contributed by atoms with E-state index in [4.69, 9.17) is 14.2 Å². The minimum atomic E-state index is -0.349. The van der Waals surface area contributed by atoms with Crippen molar-refractivity contribution in [3.05, 3.63) is 41.7 Å². The molecule has 1 aromatic carbocycles. The van der Waals surface area contributed by atoms with Gasteiger partial charge in [-0.05, 0) is 13.0 Å². The number of para-hydroxylation sites is 1. The molecule has 130 valence electrons. The van der Waals surface area contributed by atoms with Crippen molar-refractivity contribution in [2.45, 2.75) is 19.1 Å². The highest BCUT2D eigenvalue weighted by atomic mass is 16.5. The molecule has 1 aromatic heterocycles. The summed E-state index contributed by atoms with van der Waals surface area (Å²) in [7, 11) is 5.27. The summed E-state index contributed by atoms with van der Waals surface area (Å²) >= 11 is 0. The van der Waals surface area contributed by atoms with Gasteiger partial charge in [-0.2, -0.15) is 5.10 Å². The Balaban J connectivity index is 1.79. The van der Waals surface area contributed by atoms with E-state index in [9.17, 15) is 0 Å². The molecule has 1 atom stereocenters. The van der Waals surface area contributed by atoms with Gasteiger partial charge in [-0.15, -0.1) is 0 Å². The molecule has 2 aromatic rings. The number of benzene rings is 1. The molecule has 1 fully saturated rings. The monoisotopic (exact) mass is 331 g/mol. The van der Waals surface area contributed by atoms with Gasteiger partial charge < -0.3 is 14.2 Å². The summed E-state index contributed by atoms with van der Waals surface area (Å²) in [5, 5.41) is 4.28. The summed E-state index contributed by atoms with van der Waals surface area (Å²) in [6.45, 7) is 5.30. The topological polar surface area (TPSA) is 48.8 Å². The first-order chi connectivity index (χ1) is 11.6. The number of morpholine rings is 1. The zero-order valence-electron chi connectivity index (χ0n) is 14.8. The van der Waals surface area contributed by atoms with Crippen LogP contribution in [0, 0.1) is 0 Å². The van der Waals surface area contributed by atoms with Crippen LogP contribution in [0.3, 0.4) is 0 Å². The van der Waals surface area contributed by atoms with E-state index in [2.05, 4.69) is 23.0 Å². The first kappa shape index (κ1) is 16.8. The van der Waals surface area contributed by atoms with Crippen molar-refractivity contribution in [3.63, 3.8) is 0 Å². The molecular weight excluding hydrogens is 306 g/mol. The fourth-order valence-electron chi connectivity index (χ4n) is 3.27. The predicted molar refractivity (Wildman–Crippen MR) is 91.3 cm³/mol. The van der Waals surface area contributed by atoms with Crippen molar-refractivity contribution in [2.75, 3.05) is 33.9 Å². The van der Waals surface area contributed by atoms with Gasteiger partial charge in [-0.3, -0.25) is 9.58 Å². The molecule has 0 saturated carbocycles. The van der Waals surface area contributed by atoms with Crippen LogP contribution in [0.5, 0.6) is 11.5 Å². The summed E-state index contributed by atoms with van der Waals surface area (Å²) < 4.78 is 18.8. The number of aromatic nitrogens is 2. The van der Waals surface area contributed by atoms with Crippen LogP contribution in [0.15, 0.2) is 30.6 Å². The Bertz CT molecular complexity index is 701. The van der Waals surface area contributed by atoms with Gasteiger partial charge in [0.1, 0.15) is 5.60 Å². The molecule has 0 unspecified atom stereocenters. The van der Waals surface area contributed by atoms with E-state index in [0.717, 1.165) is 42.3 Å². The van der Waals surface area contributed by atoms with Crippen LogP contribution in [-0.4, -0.2) is 48.6 Å². The Morgan fingerprint density at radius 2 is 2.12 bits per heavy atom. The highest BCUT2D eigenvalue weighted by Gasteiger charge is 2.35. The number of nitrogens with zero attached hydrogens (tertiary/aromatic N) is 3. The lowest BCUT2D eigenvalue weighted by Crippen LogP contribution is -2.47. The number of rotatable bonds is 5. The Morgan fingerprint density at radius 3 is 2.79 bits per heavy atom. The zero-order chi connectivity index (χ0) is 17.2. The van der Waals surface area contributed by atoms with Gasteiger partial charge in [0.15, 0.2) is 11.5 Å². The summed E-state index contributed by atoms with van der Waals surface area (Å²) in [5.41, 5.74) is 1.87. The molecule has 0 spiro atoms. The van der Waals surface area contributed by atoms with Crippen molar-refractivity contribution in [1.82, 2.24) is 14.7 Å². The molecule has 6 heteroatoms. The Morgan fingerprint density at radius 1 is 1.29 bits per heavy atom. The third kappa shape index (κ3) is 3.25. The normalized spacial score (nSPS) is 21.7. The predicted octanol–water partition coefficient (Wildman–Crippen LogP) is 2.18. The van der Waals surface area contributed by atoms with Gasteiger partial charge >= 0.3 is 0 Å². The van der Waals surface area contributed by atoms with E-state index in [1.165, 1.54) is 0 Å². The van der Waals surface area contributed by atoms with E-state index in [1.807, 2.05) is 36.3 Å². The van der Waals surface area contributed by atoms with Gasteiger partial charge in [0.25, 0.3) is 0 Å². The van der Waals surface area contributed by atoms with E-state index in [1.54, 1.807) is 14.2 Å². The standard InChI is InChI=1S/C18H25N3O3/c1-18(15-10-19-20(2)12-15)13-21(8-9-24-18)11-14-6-5-7-16(22-3)17(14)23-4/h5-7,10,12H,8-9,11,13H2,1-4H3/t18-/m1/s1. The molecule has 2 heterocycles. The van der Waals surface area contributed by atoms with Crippen molar-refractivity contribution < 1.29 is 14.2 Å². The van der Waals surface area contributed by atoms with Crippen LogP contribution in [0.4, 0.5) is 0 Å². The molecule has 1 aliphatic heterocycles. The summed E-state index contributed by atoms with van der Waals surface area (Å²) in [6.07, 6.45) is 3.91. The van der Waals surface area contributed by atoms with Gasteiger partial charge in [0.2, 0.25) is 0 Å². The van der Waals surface area contributed by atoms with E-state index in [0.29, 0.717) is 6.61 Å². The van der Waals surface area contributed by atoms with E-state index in [-0.39, 0.29) is 5.60 Å². The van der Waals surface area contributed by atoms with Crippen molar-refractivity contribution in [2.24, 2.45) is 7.05 Å². The number of hydrogen-bond acceptors (Lipinski definition) is 5. The largest absolute Gasteiger partial charge is 0.493 e. The van der Waals surface area contributed by atoms with E-state index < -0.39 is 0 Å². The molecule has 0 bridgehead atoms. The Kier molecular flexibility index (Phi) is 4.78. The fourth-order valence-corrected chi connectivity index (χ4v) is 3.27. The highest BCUT2D eigenvalue weighted by molar-refractivity contribution is 5.46. The van der Waals surface area contributed by atoms with Crippen molar-refractivity contribution in [3.8, 4) is 11.5 Å². The van der Waals surface area contributed by atoms with Crippen LogP contribution >= 0.6 is 0 Å². The third-order valence-electron chi connectivity index (χ3n) is 4.55. The minimum absolute atomic E-state index is 0.349. The zero-order valence-corrected chi connectivity index (χ0v) is 14.8. The molecule has 0 radical (unpaired) electrons. The number of aryl methyl sites for hydroxylation is 1. The summed E-state index contributed by atoms with van der Waals surface area (Å²) in [4.78, 5) is 2.38. The molecule has 24 heavy (non-hydrogen) atoms. The second kappa shape index (κ2) is 6.83. The lowest BCUT2D eigenvalue weighted by Gasteiger charge is -2.40. The quantitative estimate of drug-likeness (QED) is 0.840. The molecule has 0 amide bonds. The second-order valence-corrected chi connectivity index (χ2v) is 6.35. The van der Waals surface area contributed by atoms with Gasteiger partial charge in [-0.25, -0.2) is 0 Å². The molecule has 1 aliphatic rings. The molecule has 0 aliphatic carbocycles. The molecule has 0 N–H and O–H groups in total. The summed E-state index contributed by atoms with van der Waals surface area (Å²) in [6, 6.07) is 6.00. The number of ether oxygens (including phenoxy) is 3. The smallest absolute Gasteiger partial charge is 0.165 e. The van der Waals surface area contributed by atoms with E-state index >= 15 is 0 Å². The van der Waals surface area contributed by atoms with Crippen LogP contribution in [-0.2, 0) is 23.9 Å². The molecular formula is C18H25N3O3. The van der Waals surface area contributed by atoms with Crippen LogP contribution in [0.25, 0.3) is 0 Å². The van der Waals surface area contributed by atoms with Gasteiger partial charge in [0, 0.05) is 44.0 Å². The van der Waals surface area contributed by atoms with Crippen LogP contribution < -0.4 is 9.47 Å². The van der Waals surface area contributed by atoms with Crippen LogP contribution in [0.1, 0.15) is 18.1 Å². The second-order valence-electron chi connectivity index (χ2n) is 6.35. The number of hydrogen-bond donors (Lipinski definition) is 0. The molecule has 1 saturated heterocycles. The Labute approximate surface area is 142 Å². The average molecular weight is 331 g/mol. The first-order valence-electron chi connectivity index (χ1n) is 8.11. The maximum absolute atomic E-state index is 6.08. The third-order valence-corrected chi connectivity index (χ3v) is 4.55. The highest BCUT2D eigenvalue weighted by Crippen LogP contribution is 2.34. The fraction of sp³-hybridized carbons (Fsp3) is 0.500. The van der Waals surface area contributed by atoms with Crippen LogP contribution in [0.2, 0.25) is 0 Å². The maximum Gasteiger partial charge on any atom is 0.165 e. The Hall–Kier alpha value is -2.05. The van der Waals surface area contributed by atoms with Crippen molar-refractivity contribution >= 4 is 0 Å². The minimum Gasteiger partial charge on any atom is -0.493 e. The maximum atomic E-state index is 6.08. The average Bonchev–Trinajstić information content (AvgIpc) is 3.02. The lowest BCUT2D eigenvalue weighted by atomic mass is 9.96. The SMILES string of the molecule is COc1cccc(CN2CCO[C@@](C)(c3cnn(C)c3)C2)c1OC. The first-order valence-corrected chi connectivity index (χ1v) is 8.11. The van der Waals surface area contributed by atoms with Gasteiger partial charge in [-0.1, -0.05) is 12.1 Å². The van der Waals surface area contributed by atoms with Gasteiger partial charge in [0.05, 0.1) is 27.0 Å². The number of methoxy groups -OCH3 is 2. The summed E-state index contributed by atoms with van der Waals surface area (Å²) in [5.74, 6) is 1.56. The lowest BCUT2D eigenvalue weighted by molar-refractivity contribution is -0.105. The molecule has 6 nitrogen and oxygen atoms in total. The van der Waals surface area contributed by atoms with Crippen molar-refractivity contribution in [1.29, 1.82) is 0 Å². The molecule has 3 rings (SSSR count).